The number of nitriles is 1. The van der Waals surface area contributed by atoms with Gasteiger partial charge in [0.2, 0.25) is 0 Å². The molecule has 1 aromatic heterocycles. The smallest absolute Gasteiger partial charge is 0.268 e. The van der Waals surface area contributed by atoms with Crippen LogP contribution in [0, 0.1) is 16.7 Å². The van der Waals surface area contributed by atoms with Crippen LogP contribution < -0.4 is 10.5 Å². The first-order chi connectivity index (χ1) is 11.8. The first-order valence-electron chi connectivity index (χ1n) is 8.91. The maximum absolute atomic E-state index is 12.4. The number of H-pyrrole nitrogens is 1. The Kier molecular flexibility index (Phi) is 3.45. The number of hydrogen-bond acceptors (Lipinski definition) is 4. The van der Waals surface area contributed by atoms with E-state index in [2.05, 4.69) is 16.0 Å². The largest absolute Gasteiger partial charge is 0.386 e. The predicted molar refractivity (Wildman–Crippen MR) is 97.6 cm³/mol. The van der Waals surface area contributed by atoms with Crippen molar-refractivity contribution >= 4 is 16.6 Å². The number of aromatic nitrogens is 1. The van der Waals surface area contributed by atoms with Crippen LogP contribution in [0.5, 0.6) is 0 Å². The number of anilines is 1. The predicted octanol–water partition coefficient (Wildman–Crippen LogP) is 3.01. The van der Waals surface area contributed by atoms with E-state index in [9.17, 15) is 15.2 Å². The Balaban J connectivity index is 1.89. The normalized spacial score (nSPS) is 19.2. The molecule has 25 heavy (non-hydrogen) atoms. The Morgan fingerprint density at radius 2 is 1.92 bits per heavy atom. The van der Waals surface area contributed by atoms with Gasteiger partial charge in [-0.05, 0) is 62.6 Å². The van der Waals surface area contributed by atoms with Gasteiger partial charge in [0, 0.05) is 18.5 Å². The highest BCUT2D eigenvalue weighted by Crippen LogP contribution is 2.54. The van der Waals surface area contributed by atoms with Crippen molar-refractivity contribution in [3.8, 4) is 6.07 Å². The summed E-state index contributed by atoms with van der Waals surface area (Å²) in [5.74, 6) is 0. The number of hydrogen-bond donors (Lipinski definition) is 2. The minimum Gasteiger partial charge on any atom is -0.386 e. The van der Waals surface area contributed by atoms with E-state index in [-0.39, 0.29) is 11.1 Å². The number of aliphatic hydroxyl groups is 1. The molecule has 2 N–H and O–H groups in total. The third-order valence-electron chi connectivity index (χ3n) is 5.90. The molecule has 2 aliphatic rings. The van der Waals surface area contributed by atoms with Crippen LogP contribution in [0.4, 0.5) is 5.69 Å². The number of nitrogens with zero attached hydrogens (tertiary/aromatic N) is 2. The Labute approximate surface area is 146 Å². The third kappa shape index (κ3) is 2.71. The van der Waals surface area contributed by atoms with E-state index in [0.717, 1.165) is 42.6 Å². The summed E-state index contributed by atoms with van der Waals surface area (Å²) in [6.45, 7) is 5.23. The zero-order chi connectivity index (χ0) is 17.8. The van der Waals surface area contributed by atoms with Crippen molar-refractivity contribution in [2.75, 3.05) is 18.0 Å². The Morgan fingerprint density at radius 1 is 1.24 bits per heavy atom. The molecule has 4 rings (SSSR count). The van der Waals surface area contributed by atoms with Gasteiger partial charge in [0.25, 0.3) is 5.56 Å². The van der Waals surface area contributed by atoms with Crippen molar-refractivity contribution in [3.63, 3.8) is 0 Å². The topological polar surface area (TPSA) is 80.1 Å². The molecule has 1 saturated heterocycles. The highest BCUT2D eigenvalue weighted by Gasteiger charge is 2.44. The van der Waals surface area contributed by atoms with E-state index >= 15 is 0 Å². The van der Waals surface area contributed by atoms with Crippen molar-refractivity contribution < 1.29 is 5.11 Å². The summed E-state index contributed by atoms with van der Waals surface area (Å²) < 4.78 is 0. The molecular formula is C20H23N3O2. The standard InChI is InChI=1S/C20H23N3O2/c1-19(2,25)13-3-4-16-14(11-13)17(15(12-21)18(24)22-16)23-9-7-20(5-6-20)8-10-23/h3-4,11,25H,5-10H2,1-2H3,(H,22,24). The quantitative estimate of drug-likeness (QED) is 0.883. The lowest BCUT2D eigenvalue weighted by Crippen LogP contribution is -2.36. The van der Waals surface area contributed by atoms with Crippen molar-refractivity contribution in [3.05, 3.63) is 39.7 Å². The monoisotopic (exact) mass is 337 g/mol. The van der Waals surface area contributed by atoms with Crippen molar-refractivity contribution in [1.82, 2.24) is 4.98 Å². The average Bonchev–Trinajstić information content (AvgIpc) is 3.32. The lowest BCUT2D eigenvalue weighted by Gasteiger charge is -2.35. The first-order valence-corrected chi connectivity index (χ1v) is 8.91. The summed E-state index contributed by atoms with van der Waals surface area (Å²) in [6.07, 6.45) is 4.87. The lowest BCUT2D eigenvalue weighted by molar-refractivity contribution is 0.0787. The second-order valence-electron chi connectivity index (χ2n) is 8.10. The summed E-state index contributed by atoms with van der Waals surface area (Å²) in [5, 5.41) is 20.8. The van der Waals surface area contributed by atoms with Gasteiger partial charge in [-0.1, -0.05) is 6.07 Å². The number of pyridine rings is 1. The van der Waals surface area contributed by atoms with E-state index < -0.39 is 5.60 Å². The van der Waals surface area contributed by atoms with Crippen LogP contribution in [0.2, 0.25) is 0 Å². The van der Waals surface area contributed by atoms with Crippen LogP contribution in [0.3, 0.4) is 0 Å². The molecule has 5 heteroatoms. The van der Waals surface area contributed by atoms with Gasteiger partial charge in [-0.3, -0.25) is 4.79 Å². The molecule has 1 spiro atoms. The van der Waals surface area contributed by atoms with E-state index in [1.165, 1.54) is 12.8 Å². The number of aromatic amines is 1. The molecule has 1 saturated carbocycles. The number of rotatable bonds is 2. The fraction of sp³-hybridized carbons (Fsp3) is 0.500. The Morgan fingerprint density at radius 3 is 2.48 bits per heavy atom. The first kappa shape index (κ1) is 16.2. The van der Waals surface area contributed by atoms with Crippen molar-refractivity contribution in [1.29, 1.82) is 5.26 Å². The molecule has 0 atom stereocenters. The van der Waals surface area contributed by atoms with Crippen LogP contribution in [0.25, 0.3) is 10.9 Å². The summed E-state index contributed by atoms with van der Waals surface area (Å²) >= 11 is 0. The molecule has 0 unspecified atom stereocenters. The maximum atomic E-state index is 12.4. The van der Waals surface area contributed by atoms with Gasteiger partial charge in [-0.2, -0.15) is 5.26 Å². The molecule has 2 heterocycles. The molecule has 1 aromatic carbocycles. The van der Waals surface area contributed by atoms with Gasteiger partial charge < -0.3 is 15.0 Å². The Hall–Kier alpha value is -2.32. The fourth-order valence-electron chi connectivity index (χ4n) is 3.97. The number of benzene rings is 1. The van der Waals surface area contributed by atoms with E-state index in [1.807, 2.05) is 18.2 Å². The van der Waals surface area contributed by atoms with Gasteiger partial charge in [0.15, 0.2) is 0 Å². The van der Waals surface area contributed by atoms with Crippen LogP contribution in [0.15, 0.2) is 23.0 Å². The van der Waals surface area contributed by atoms with Crippen LogP contribution in [-0.2, 0) is 5.60 Å². The number of piperidine rings is 1. The summed E-state index contributed by atoms with van der Waals surface area (Å²) in [7, 11) is 0. The van der Waals surface area contributed by atoms with Gasteiger partial charge >= 0.3 is 0 Å². The zero-order valence-corrected chi connectivity index (χ0v) is 14.7. The molecule has 1 aliphatic carbocycles. The number of fused-ring (bicyclic) bond motifs is 1. The fourth-order valence-corrected chi connectivity index (χ4v) is 3.97. The summed E-state index contributed by atoms with van der Waals surface area (Å²) in [6, 6.07) is 7.65. The minimum absolute atomic E-state index is 0.173. The molecule has 2 fully saturated rings. The third-order valence-corrected chi connectivity index (χ3v) is 5.90. The molecule has 5 nitrogen and oxygen atoms in total. The molecule has 2 aromatic rings. The van der Waals surface area contributed by atoms with Crippen LogP contribution in [-0.4, -0.2) is 23.2 Å². The van der Waals surface area contributed by atoms with Crippen molar-refractivity contribution in [2.45, 2.75) is 45.1 Å². The molecule has 0 radical (unpaired) electrons. The van der Waals surface area contributed by atoms with Crippen molar-refractivity contribution in [2.24, 2.45) is 5.41 Å². The highest BCUT2D eigenvalue weighted by atomic mass is 16.3. The molecule has 0 bridgehead atoms. The molecule has 1 aliphatic heterocycles. The minimum atomic E-state index is -0.978. The van der Waals surface area contributed by atoms with Gasteiger partial charge in [-0.15, -0.1) is 0 Å². The Bertz CT molecular complexity index is 932. The van der Waals surface area contributed by atoms with E-state index in [1.54, 1.807) is 13.8 Å². The maximum Gasteiger partial charge on any atom is 0.268 e. The van der Waals surface area contributed by atoms with E-state index in [4.69, 9.17) is 0 Å². The zero-order valence-electron chi connectivity index (χ0n) is 14.7. The van der Waals surface area contributed by atoms with E-state index in [0.29, 0.717) is 10.9 Å². The highest BCUT2D eigenvalue weighted by molar-refractivity contribution is 5.95. The second kappa shape index (κ2) is 5.34. The second-order valence-corrected chi connectivity index (χ2v) is 8.10. The van der Waals surface area contributed by atoms with Crippen LogP contribution in [0.1, 0.15) is 50.7 Å². The van der Waals surface area contributed by atoms with Gasteiger partial charge in [0.1, 0.15) is 11.6 Å². The lowest BCUT2D eigenvalue weighted by atomic mass is 9.91. The molecular weight excluding hydrogens is 314 g/mol. The SMILES string of the molecule is CC(C)(O)c1ccc2[nH]c(=O)c(C#N)c(N3CCC4(CC3)CC4)c2c1. The number of nitrogens with one attached hydrogen (secondary N) is 1. The molecule has 0 amide bonds. The average molecular weight is 337 g/mol. The van der Waals surface area contributed by atoms with Gasteiger partial charge in [0.05, 0.1) is 16.8 Å². The summed E-state index contributed by atoms with van der Waals surface area (Å²) in [5.41, 5.74) is 1.58. The summed E-state index contributed by atoms with van der Waals surface area (Å²) in [4.78, 5) is 17.4. The molecule has 130 valence electrons. The van der Waals surface area contributed by atoms with Crippen LogP contribution >= 0.6 is 0 Å². The van der Waals surface area contributed by atoms with Gasteiger partial charge in [-0.25, -0.2) is 0 Å².